The Bertz CT molecular complexity index is 1000. The molecule has 0 aliphatic carbocycles. The Morgan fingerprint density at radius 1 is 1.07 bits per heavy atom. The first-order valence-electron chi connectivity index (χ1n) is 8.73. The number of phenols is 1. The van der Waals surface area contributed by atoms with E-state index in [1.54, 1.807) is 6.07 Å². The Labute approximate surface area is 176 Å². The molecule has 148 valence electrons. The number of carbonyl (C=O) groups is 1. The van der Waals surface area contributed by atoms with Crippen molar-refractivity contribution < 1.29 is 19.4 Å². The van der Waals surface area contributed by atoms with Crippen molar-refractivity contribution >= 4 is 28.1 Å². The summed E-state index contributed by atoms with van der Waals surface area (Å²) in [5.41, 5.74) is 4.36. The molecule has 0 unspecified atom stereocenters. The van der Waals surface area contributed by atoms with Crippen molar-refractivity contribution in [1.29, 1.82) is 0 Å². The molecule has 6 nitrogen and oxygen atoms in total. The van der Waals surface area contributed by atoms with Gasteiger partial charge in [0.1, 0.15) is 23.9 Å². The summed E-state index contributed by atoms with van der Waals surface area (Å²) in [6.07, 6.45) is 1.51. The van der Waals surface area contributed by atoms with E-state index in [0.29, 0.717) is 12.4 Å². The van der Waals surface area contributed by atoms with Crippen LogP contribution < -0.4 is 14.9 Å². The van der Waals surface area contributed by atoms with Crippen molar-refractivity contribution in [2.24, 2.45) is 5.10 Å². The van der Waals surface area contributed by atoms with Gasteiger partial charge in [-0.15, -0.1) is 0 Å². The lowest BCUT2D eigenvalue weighted by atomic mass is 10.2. The SMILES string of the molecule is COc1ccc(C(=O)N/N=C\c2ccc(OCc3ccc(Br)cc3)cc2)c(O)c1. The average molecular weight is 455 g/mol. The Kier molecular flexibility index (Phi) is 6.86. The molecule has 3 aromatic carbocycles. The molecule has 0 fully saturated rings. The molecule has 3 aromatic rings. The highest BCUT2D eigenvalue weighted by Crippen LogP contribution is 2.23. The van der Waals surface area contributed by atoms with Crippen LogP contribution in [0, 0.1) is 0 Å². The van der Waals surface area contributed by atoms with E-state index in [-0.39, 0.29) is 11.3 Å². The van der Waals surface area contributed by atoms with E-state index < -0.39 is 5.91 Å². The maximum atomic E-state index is 12.1. The first-order chi connectivity index (χ1) is 14.0. The van der Waals surface area contributed by atoms with Crippen molar-refractivity contribution in [1.82, 2.24) is 5.43 Å². The molecule has 0 atom stereocenters. The van der Waals surface area contributed by atoms with Crippen molar-refractivity contribution in [3.63, 3.8) is 0 Å². The summed E-state index contributed by atoms with van der Waals surface area (Å²) in [7, 11) is 1.48. The topological polar surface area (TPSA) is 80.2 Å². The summed E-state index contributed by atoms with van der Waals surface area (Å²) in [5.74, 6) is 0.502. The second-order valence-electron chi connectivity index (χ2n) is 6.07. The number of nitrogens with zero attached hydrogens (tertiary/aromatic N) is 1. The molecule has 0 aliphatic heterocycles. The molecule has 3 rings (SSSR count). The van der Waals surface area contributed by atoms with E-state index in [9.17, 15) is 9.90 Å². The zero-order valence-electron chi connectivity index (χ0n) is 15.6. The molecular weight excluding hydrogens is 436 g/mol. The van der Waals surface area contributed by atoms with Crippen LogP contribution >= 0.6 is 15.9 Å². The van der Waals surface area contributed by atoms with Crippen LogP contribution in [-0.4, -0.2) is 24.3 Å². The zero-order valence-corrected chi connectivity index (χ0v) is 17.2. The van der Waals surface area contributed by atoms with E-state index in [1.165, 1.54) is 25.5 Å². The van der Waals surface area contributed by atoms with Crippen LogP contribution in [-0.2, 0) is 6.61 Å². The fourth-order valence-corrected chi connectivity index (χ4v) is 2.72. The second kappa shape index (κ2) is 9.75. The maximum absolute atomic E-state index is 12.1. The molecule has 0 radical (unpaired) electrons. The fraction of sp³-hybridized carbons (Fsp3) is 0.0909. The van der Waals surface area contributed by atoms with Crippen LogP contribution in [0.1, 0.15) is 21.5 Å². The molecule has 0 aromatic heterocycles. The summed E-state index contributed by atoms with van der Waals surface area (Å²) in [4.78, 5) is 12.1. The molecule has 2 N–H and O–H groups in total. The van der Waals surface area contributed by atoms with Gasteiger partial charge in [-0.1, -0.05) is 28.1 Å². The fourth-order valence-electron chi connectivity index (χ4n) is 2.45. The van der Waals surface area contributed by atoms with Gasteiger partial charge in [0.25, 0.3) is 5.91 Å². The van der Waals surface area contributed by atoms with Gasteiger partial charge in [-0.05, 0) is 59.7 Å². The highest BCUT2D eigenvalue weighted by Gasteiger charge is 2.11. The minimum atomic E-state index is -0.518. The highest BCUT2D eigenvalue weighted by molar-refractivity contribution is 9.10. The number of methoxy groups -OCH3 is 1. The summed E-state index contributed by atoms with van der Waals surface area (Å²) in [6, 6.07) is 19.7. The number of benzene rings is 3. The number of rotatable bonds is 7. The van der Waals surface area contributed by atoms with Gasteiger partial charge in [-0.25, -0.2) is 5.43 Å². The van der Waals surface area contributed by atoms with E-state index in [1.807, 2.05) is 48.5 Å². The lowest BCUT2D eigenvalue weighted by Gasteiger charge is -2.07. The van der Waals surface area contributed by atoms with Crippen molar-refractivity contribution in [2.75, 3.05) is 7.11 Å². The number of phenolic OH excluding ortho intramolecular Hbond substituents is 1. The predicted molar refractivity (Wildman–Crippen MR) is 115 cm³/mol. The van der Waals surface area contributed by atoms with Gasteiger partial charge in [0, 0.05) is 10.5 Å². The normalized spacial score (nSPS) is 10.7. The lowest BCUT2D eigenvalue weighted by molar-refractivity contribution is 0.0952. The molecule has 0 spiro atoms. The smallest absolute Gasteiger partial charge is 0.275 e. The van der Waals surface area contributed by atoms with Crippen molar-refractivity contribution in [3.8, 4) is 17.2 Å². The van der Waals surface area contributed by atoms with E-state index >= 15 is 0 Å². The van der Waals surface area contributed by atoms with Gasteiger partial charge in [0.05, 0.1) is 18.9 Å². The Hall–Kier alpha value is -3.32. The molecule has 7 heteroatoms. The Morgan fingerprint density at radius 2 is 1.76 bits per heavy atom. The number of hydrogen-bond acceptors (Lipinski definition) is 5. The van der Waals surface area contributed by atoms with Gasteiger partial charge in [-0.3, -0.25) is 4.79 Å². The first kappa shape index (κ1) is 20.4. The molecule has 0 bridgehead atoms. The number of amides is 1. The monoisotopic (exact) mass is 454 g/mol. The molecule has 0 saturated carbocycles. The van der Waals surface area contributed by atoms with E-state index in [2.05, 4.69) is 26.5 Å². The quantitative estimate of drug-likeness (QED) is 0.406. The van der Waals surface area contributed by atoms with Gasteiger partial charge >= 0.3 is 0 Å². The minimum absolute atomic E-state index is 0.111. The lowest BCUT2D eigenvalue weighted by Crippen LogP contribution is -2.17. The van der Waals surface area contributed by atoms with E-state index in [0.717, 1.165) is 21.3 Å². The Balaban J connectivity index is 1.53. The summed E-state index contributed by atoms with van der Waals surface area (Å²) in [6.45, 7) is 0.474. The third-order valence-corrected chi connectivity index (χ3v) is 4.56. The third-order valence-electron chi connectivity index (χ3n) is 4.03. The molecule has 0 aliphatic rings. The maximum Gasteiger partial charge on any atom is 0.275 e. The van der Waals surface area contributed by atoms with Crippen LogP contribution in [0.15, 0.2) is 76.3 Å². The van der Waals surface area contributed by atoms with Crippen LogP contribution in [0.5, 0.6) is 17.2 Å². The van der Waals surface area contributed by atoms with Crippen LogP contribution in [0.25, 0.3) is 0 Å². The number of nitrogens with one attached hydrogen (secondary N) is 1. The van der Waals surface area contributed by atoms with Crippen molar-refractivity contribution in [3.05, 3.63) is 87.9 Å². The number of ether oxygens (including phenoxy) is 2. The molecule has 29 heavy (non-hydrogen) atoms. The number of carbonyl (C=O) groups excluding carboxylic acids is 1. The van der Waals surface area contributed by atoms with Crippen molar-refractivity contribution in [2.45, 2.75) is 6.61 Å². The third kappa shape index (κ3) is 5.83. The first-order valence-corrected chi connectivity index (χ1v) is 9.52. The van der Waals surface area contributed by atoms with Crippen LogP contribution in [0.4, 0.5) is 0 Å². The standard InChI is InChI=1S/C22H19BrN2O4/c1-28-19-10-11-20(21(26)12-19)22(27)25-24-13-15-4-8-18(9-5-15)29-14-16-2-6-17(23)7-3-16/h2-13,26H,14H2,1H3,(H,25,27)/b24-13-. The predicted octanol–water partition coefficient (Wildman–Crippen LogP) is 4.51. The largest absolute Gasteiger partial charge is 0.507 e. The molecule has 0 heterocycles. The van der Waals surface area contributed by atoms with Gasteiger partial charge < -0.3 is 14.6 Å². The number of aromatic hydroxyl groups is 1. The Morgan fingerprint density at radius 3 is 2.41 bits per heavy atom. The summed E-state index contributed by atoms with van der Waals surface area (Å²) >= 11 is 3.40. The molecule has 0 saturated heterocycles. The van der Waals surface area contributed by atoms with Gasteiger partial charge in [0.2, 0.25) is 0 Å². The molecule has 1 amide bonds. The molecular formula is C22H19BrN2O4. The second-order valence-corrected chi connectivity index (χ2v) is 6.98. The number of hydrogen-bond donors (Lipinski definition) is 2. The zero-order chi connectivity index (χ0) is 20.6. The van der Waals surface area contributed by atoms with Gasteiger partial charge in [-0.2, -0.15) is 5.10 Å². The number of halogens is 1. The average Bonchev–Trinajstić information content (AvgIpc) is 2.74. The minimum Gasteiger partial charge on any atom is -0.507 e. The summed E-state index contributed by atoms with van der Waals surface area (Å²) in [5, 5.41) is 13.8. The van der Waals surface area contributed by atoms with Crippen LogP contribution in [0.2, 0.25) is 0 Å². The van der Waals surface area contributed by atoms with Crippen LogP contribution in [0.3, 0.4) is 0 Å². The highest BCUT2D eigenvalue weighted by atomic mass is 79.9. The summed E-state index contributed by atoms with van der Waals surface area (Å²) < 4.78 is 11.8. The van der Waals surface area contributed by atoms with Gasteiger partial charge in [0.15, 0.2) is 0 Å². The van der Waals surface area contributed by atoms with E-state index in [4.69, 9.17) is 9.47 Å². The number of hydrazone groups is 1.